The Balaban J connectivity index is 1.23. The van der Waals surface area contributed by atoms with Crippen LogP contribution in [0.3, 0.4) is 0 Å². The Morgan fingerprint density at radius 3 is 2.28 bits per heavy atom. The maximum Gasteiger partial charge on any atom is 0.416 e. The molecule has 0 aromatic heterocycles. The highest BCUT2D eigenvalue weighted by Gasteiger charge is 2.52. The second-order valence-electron chi connectivity index (χ2n) is 12.0. The number of hydrogen-bond donors (Lipinski definition) is 1. The number of carbonyl (C=O) groups excluding carboxylic acids is 2. The van der Waals surface area contributed by atoms with Gasteiger partial charge in [0, 0.05) is 38.1 Å². The number of rotatable bonds is 8. The SMILES string of the molecule is C=CCN(C(=O)OCc1ccc(C(F)(F)F)cc1)C1CCN([C@H]2CN(C(=O)C3CCCC3)C[C@]2(O)c2ccccc2)CC1. The molecule has 2 aliphatic heterocycles. The van der Waals surface area contributed by atoms with Crippen molar-refractivity contribution in [2.75, 3.05) is 32.7 Å². The first-order valence-corrected chi connectivity index (χ1v) is 15.1. The second-order valence-corrected chi connectivity index (χ2v) is 12.0. The Kier molecular flexibility index (Phi) is 9.46. The third-order valence-electron chi connectivity index (χ3n) is 9.25. The molecule has 2 aromatic rings. The van der Waals surface area contributed by atoms with Crippen molar-refractivity contribution in [3.63, 3.8) is 0 Å². The molecule has 2 heterocycles. The first-order chi connectivity index (χ1) is 20.6. The average Bonchev–Trinajstić information content (AvgIpc) is 3.68. The quantitative estimate of drug-likeness (QED) is 0.401. The van der Waals surface area contributed by atoms with E-state index in [1.807, 2.05) is 35.2 Å². The molecule has 7 nitrogen and oxygen atoms in total. The van der Waals surface area contributed by atoms with Gasteiger partial charge in [0.2, 0.25) is 5.91 Å². The summed E-state index contributed by atoms with van der Waals surface area (Å²) in [5.74, 6) is 0.169. The van der Waals surface area contributed by atoms with E-state index in [1.54, 1.807) is 11.0 Å². The maximum atomic E-state index is 13.4. The number of ether oxygens (including phenoxy) is 1. The fourth-order valence-electron chi connectivity index (χ4n) is 6.89. The van der Waals surface area contributed by atoms with Gasteiger partial charge in [-0.05, 0) is 48.9 Å². The van der Waals surface area contributed by atoms with Gasteiger partial charge in [0.15, 0.2) is 0 Å². The molecule has 43 heavy (non-hydrogen) atoms. The lowest BCUT2D eigenvalue weighted by atomic mass is 9.86. The highest BCUT2D eigenvalue weighted by Crippen LogP contribution is 2.39. The lowest BCUT2D eigenvalue weighted by Crippen LogP contribution is -2.55. The monoisotopic (exact) mass is 599 g/mol. The van der Waals surface area contributed by atoms with E-state index >= 15 is 0 Å². The van der Waals surface area contributed by atoms with Crippen molar-refractivity contribution in [3.8, 4) is 0 Å². The highest BCUT2D eigenvalue weighted by molar-refractivity contribution is 5.79. The van der Waals surface area contributed by atoms with Crippen molar-refractivity contribution in [3.05, 3.63) is 83.9 Å². The largest absolute Gasteiger partial charge is 0.445 e. The highest BCUT2D eigenvalue weighted by atomic mass is 19.4. The molecular weight excluding hydrogens is 559 g/mol. The minimum absolute atomic E-state index is 0.0329. The Labute approximate surface area is 250 Å². The lowest BCUT2D eigenvalue weighted by Gasteiger charge is -2.43. The van der Waals surface area contributed by atoms with Gasteiger partial charge in [-0.3, -0.25) is 9.69 Å². The van der Waals surface area contributed by atoms with Crippen molar-refractivity contribution < 1.29 is 32.6 Å². The van der Waals surface area contributed by atoms with Crippen LogP contribution in [0.2, 0.25) is 0 Å². The first kappa shape index (κ1) is 31.1. The number of nitrogens with zero attached hydrogens (tertiary/aromatic N) is 3. The van der Waals surface area contributed by atoms with Gasteiger partial charge in [-0.2, -0.15) is 13.2 Å². The Morgan fingerprint density at radius 1 is 1.02 bits per heavy atom. The van der Waals surface area contributed by atoms with E-state index in [0.29, 0.717) is 38.0 Å². The van der Waals surface area contributed by atoms with Crippen molar-refractivity contribution in [2.24, 2.45) is 5.92 Å². The smallest absolute Gasteiger partial charge is 0.416 e. The summed E-state index contributed by atoms with van der Waals surface area (Å²) < 4.78 is 44.1. The average molecular weight is 600 g/mol. The molecule has 0 spiro atoms. The van der Waals surface area contributed by atoms with E-state index in [-0.39, 0.29) is 43.6 Å². The Hall–Kier alpha value is -3.37. The number of β-amino-alcohol motifs (C(OH)–C–C–N with tert-alkyl or cyclic N) is 1. The minimum atomic E-state index is -4.43. The predicted octanol–water partition coefficient (Wildman–Crippen LogP) is 5.58. The van der Waals surface area contributed by atoms with Crippen LogP contribution in [-0.2, 0) is 27.9 Å². The second kappa shape index (κ2) is 13.1. The number of amides is 2. The first-order valence-electron chi connectivity index (χ1n) is 15.1. The molecule has 2 saturated heterocycles. The van der Waals surface area contributed by atoms with E-state index in [2.05, 4.69) is 11.5 Å². The van der Waals surface area contributed by atoms with Gasteiger partial charge >= 0.3 is 12.3 Å². The molecule has 2 atom stereocenters. The molecule has 10 heteroatoms. The topological polar surface area (TPSA) is 73.3 Å². The van der Waals surface area contributed by atoms with Crippen molar-refractivity contribution in [1.29, 1.82) is 0 Å². The number of aliphatic hydroxyl groups is 1. The van der Waals surface area contributed by atoms with Gasteiger partial charge in [0.25, 0.3) is 0 Å². The summed E-state index contributed by atoms with van der Waals surface area (Å²) in [5, 5.41) is 12.1. The number of halogens is 3. The zero-order valence-corrected chi connectivity index (χ0v) is 24.3. The zero-order chi connectivity index (χ0) is 30.6. The molecule has 1 N–H and O–H groups in total. The number of likely N-dealkylation sites (tertiary alicyclic amines) is 2. The molecule has 3 aliphatic rings. The molecule has 5 rings (SSSR count). The van der Waals surface area contributed by atoms with Crippen LogP contribution in [0.25, 0.3) is 0 Å². The van der Waals surface area contributed by atoms with E-state index in [9.17, 15) is 27.9 Å². The number of benzene rings is 2. The summed E-state index contributed by atoms with van der Waals surface area (Å²) in [7, 11) is 0. The van der Waals surface area contributed by atoms with E-state index < -0.39 is 23.4 Å². The summed E-state index contributed by atoms with van der Waals surface area (Å²) >= 11 is 0. The third-order valence-corrected chi connectivity index (χ3v) is 9.25. The number of piperidine rings is 1. The Bertz CT molecular complexity index is 1260. The summed E-state index contributed by atoms with van der Waals surface area (Å²) in [6.45, 7) is 5.87. The van der Waals surface area contributed by atoms with Crippen LogP contribution in [0.15, 0.2) is 67.3 Å². The molecular formula is C33H40F3N3O4. The number of carbonyl (C=O) groups is 2. The summed E-state index contributed by atoms with van der Waals surface area (Å²) in [6, 6.07) is 13.7. The van der Waals surface area contributed by atoms with Crippen molar-refractivity contribution >= 4 is 12.0 Å². The van der Waals surface area contributed by atoms with Gasteiger partial charge in [-0.1, -0.05) is 61.4 Å². The standard InChI is InChI=1S/C33H40F3N3O4/c1-2-18-39(31(41)43-22-24-12-14-27(15-13-24)33(34,35)36)28-16-19-37(20-17-28)29-21-38(30(40)25-8-6-7-9-25)23-32(29,42)26-10-4-3-5-11-26/h2-5,10-15,25,28-29,42H,1,6-9,16-23H2/t29-,32-/m0/s1. The molecule has 0 bridgehead atoms. The van der Waals surface area contributed by atoms with Gasteiger partial charge in [0.05, 0.1) is 18.2 Å². The third kappa shape index (κ3) is 6.91. The molecule has 0 radical (unpaired) electrons. The van der Waals surface area contributed by atoms with Gasteiger partial charge in [-0.15, -0.1) is 6.58 Å². The molecule has 3 fully saturated rings. The summed E-state index contributed by atoms with van der Waals surface area (Å²) in [5.41, 5.74) is -0.698. The maximum absolute atomic E-state index is 13.4. The van der Waals surface area contributed by atoms with E-state index in [4.69, 9.17) is 4.74 Å². The van der Waals surface area contributed by atoms with Gasteiger partial charge in [-0.25, -0.2) is 4.79 Å². The fourth-order valence-corrected chi connectivity index (χ4v) is 6.89. The van der Waals surface area contributed by atoms with Crippen LogP contribution in [-0.4, -0.2) is 76.6 Å². The van der Waals surface area contributed by atoms with E-state index in [0.717, 1.165) is 43.4 Å². The fraction of sp³-hybridized carbons (Fsp3) is 0.515. The predicted molar refractivity (Wildman–Crippen MR) is 156 cm³/mol. The van der Waals surface area contributed by atoms with Gasteiger partial charge in [0.1, 0.15) is 12.2 Å². The molecule has 2 amide bonds. The normalized spacial score (nSPS) is 23.8. The molecule has 1 saturated carbocycles. The van der Waals surface area contributed by atoms with Crippen LogP contribution in [0.1, 0.15) is 55.2 Å². The van der Waals surface area contributed by atoms with Crippen LogP contribution >= 0.6 is 0 Å². The number of alkyl halides is 3. The zero-order valence-electron chi connectivity index (χ0n) is 24.3. The lowest BCUT2D eigenvalue weighted by molar-refractivity contribution is -0.137. The van der Waals surface area contributed by atoms with Crippen LogP contribution < -0.4 is 0 Å². The van der Waals surface area contributed by atoms with Gasteiger partial charge < -0.3 is 19.6 Å². The van der Waals surface area contributed by atoms with Crippen molar-refractivity contribution in [2.45, 2.75) is 69.0 Å². The Morgan fingerprint density at radius 2 is 1.67 bits per heavy atom. The summed E-state index contributed by atoms with van der Waals surface area (Å²) in [6.07, 6.45) is 1.88. The molecule has 0 unspecified atom stereocenters. The van der Waals surface area contributed by atoms with Crippen LogP contribution in [0.5, 0.6) is 0 Å². The minimum Gasteiger partial charge on any atom is -0.445 e. The van der Waals surface area contributed by atoms with Crippen LogP contribution in [0.4, 0.5) is 18.0 Å². The van der Waals surface area contributed by atoms with Crippen molar-refractivity contribution in [1.82, 2.24) is 14.7 Å². The molecule has 1 aliphatic carbocycles. The van der Waals surface area contributed by atoms with E-state index in [1.165, 1.54) is 12.1 Å². The molecule has 2 aromatic carbocycles. The molecule has 232 valence electrons. The summed E-state index contributed by atoms with van der Waals surface area (Å²) in [4.78, 5) is 32.2. The number of hydrogen-bond acceptors (Lipinski definition) is 5. The van der Waals surface area contributed by atoms with Crippen LogP contribution in [0, 0.1) is 5.92 Å².